The van der Waals surface area contributed by atoms with Gasteiger partial charge in [-0.05, 0) is 19.4 Å². The molecule has 3 rings (SSSR count). The highest BCUT2D eigenvalue weighted by atomic mass is 35.5. The maximum absolute atomic E-state index is 6.23. The largest absolute Gasteiger partial charge is 0.245 e. The number of hydrogen-bond acceptors (Lipinski definition) is 5. The number of halogens is 1. The maximum atomic E-state index is 6.23. The second-order valence-electron chi connectivity index (χ2n) is 3.99. The zero-order valence-electron chi connectivity index (χ0n) is 9.88. The quantitative estimate of drug-likeness (QED) is 0.677. The second kappa shape index (κ2) is 4.29. The fraction of sp³-hybridized carbons (Fsp3) is 0.273. The zero-order chi connectivity index (χ0) is 12.7. The van der Waals surface area contributed by atoms with Gasteiger partial charge in [-0.2, -0.15) is 5.10 Å². The molecule has 3 aromatic rings. The van der Waals surface area contributed by atoms with E-state index in [4.69, 9.17) is 11.6 Å². The summed E-state index contributed by atoms with van der Waals surface area (Å²) in [5.74, 6) is 0.652. The van der Waals surface area contributed by atoms with E-state index in [1.807, 2.05) is 6.92 Å². The third kappa shape index (κ3) is 1.87. The second-order valence-corrected chi connectivity index (χ2v) is 5.55. The molecule has 0 aliphatic rings. The lowest BCUT2D eigenvalue weighted by molar-refractivity contribution is 0.656. The van der Waals surface area contributed by atoms with Crippen molar-refractivity contribution in [3.63, 3.8) is 0 Å². The van der Waals surface area contributed by atoms with Crippen molar-refractivity contribution in [2.24, 2.45) is 0 Å². The summed E-state index contributed by atoms with van der Waals surface area (Å²) in [5.41, 5.74) is 1.16. The van der Waals surface area contributed by atoms with Crippen LogP contribution in [0.2, 0.25) is 5.15 Å². The van der Waals surface area contributed by atoms with E-state index >= 15 is 0 Å². The van der Waals surface area contributed by atoms with Gasteiger partial charge in [0.25, 0.3) is 0 Å². The molecule has 0 atom stereocenters. The summed E-state index contributed by atoms with van der Waals surface area (Å²) in [7, 11) is 0. The van der Waals surface area contributed by atoms with Gasteiger partial charge in [-0.25, -0.2) is 19.6 Å². The number of nitrogens with zero attached hydrogens (tertiary/aromatic N) is 5. The van der Waals surface area contributed by atoms with Gasteiger partial charge < -0.3 is 0 Å². The van der Waals surface area contributed by atoms with Crippen LogP contribution in [0.15, 0.2) is 12.7 Å². The molecule has 0 fully saturated rings. The minimum atomic E-state index is 0.478. The summed E-state index contributed by atoms with van der Waals surface area (Å²) in [5, 5.41) is 5.50. The smallest absolute Gasteiger partial charge is 0.153 e. The van der Waals surface area contributed by atoms with E-state index in [1.165, 1.54) is 11.2 Å². The number of thiophene rings is 1. The van der Waals surface area contributed by atoms with E-state index in [9.17, 15) is 0 Å². The Kier molecular flexibility index (Phi) is 2.76. The molecule has 0 bridgehead atoms. The van der Waals surface area contributed by atoms with E-state index in [1.54, 1.807) is 22.3 Å². The van der Waals surface area contributed by atoms with Crippen LogP contribution in [0, 0.1) is 13.8 Å². The number of fused-ring (bicyclic) bond motifs is 1. The van der Waals surface area contributed by atoms with Crippen LogP contribution in [-0.2, 0) is 6.54 Å². The van der Waals surface area contributed by atoms with Crippen molar-refractivity contribution in [2.45, 2.75) is 20.4 Å². The van der Waals surface area contributed by atoms with Crippen LogP contribution in [0.3, 0.4) is 0 Å². The Morgan fingerprint density at radius 1 is 1.33 bits per heavy atom. The molecule has 3 heterocycles. The van der Waals surface area contributed by atoms with Crippen molar-refractivity contribution in [3.8, 4) is 0 Å². The van der Waals surface area contributed by atoms with Crippen molar-refractivity contribution in [2.75, 3.05) is 0 Å². The fourth-order valence-corrected chi connectivity index (χ4v) is 3.20. The minimum absolute atomic E-state index is 0.478. The first-order chi connectivity index (χ1) is 8.65. The first-order valence-electron chi connectivity index (χ1n) is 5.39. The van der Waals surface area contributed by atoms with Crippen LogP contribution in [0.1, 0.15) is 16.3 Å². The molecule has 18 heavy (non-hydrogen) atoms. The molecule has 0 amide bonds. The molecule has 5 nitrogen and oxygen atoms in total. The van der Waals surface area contributed by atoms with E-state index in [-0.39, 0.29) is 0 Å². The third-order valence-corrected chi connectivity index (χ3v) is 4.18. The van der Waals surface area contributed by atoms with Gasteiger partial charge in [0.15, 0.2) is 5.82 Å². The Morgan fingerprint density at radius 3 is 2.89 bits per heavy atom. The monoisotopic (exact) mass is 279 g/mol. The van der Waals surface area contributed by atoms with Crippen LogP contribution in [-0.4, -0.2) is 24.7 Å². The summed E-state index contributed by atoms with van der Waals surface area (Å²) < 4.78 is 1.67. The standard InChI is InChI=1S/C11H10ClN5S/c1-6-7(2)18-11-9(6)10(12)15-8(16-11)3-17-5-13-4-14-17/h4-5H,3H2,1-2H3. The van der Waals surface area contributed by atoms with E-state index in [0.717, 1.165) is 15.8 Å². The predicted octanol–water partition coefficient (Wildman–Crippen LogP) is 2.60. The van der Waals surface area contributed by atoms with Gasteiger partial charge in [-0.15, -0.1) is 11.3 Å². The molecule has 0 N–H and O–H groups in total. The van der Waals surface area contributed by atoms with E-state index < -0.39 is 0 Å². The average Bonchev–Trinajstić information content (AvgIpc) is 2.89. The van der Waals surface area contributed by atoms with Crippen LogP contribution >= 0.6 is 22.9 Å². The molecule has 0 saturated heterocycles. The Labute approximate surface area is 112 Å². The molecular weight excluding hydrogens is 270 g/mol. The molecule has 0 unspecified atom stereocenters. The van der Waals surface area contributed by atoms with Crippen molar-refractivity contribution in [1.82, 2.24) is 24.7 Å². The summed E-state index contributed by atoms with van der Waals surface area (Å²) in [4.78, 5) is 14.9. The topological polar surface area (TPSA) is 56.5 Å². The van der Waals surface area contributed by atoms with Gasteiger partial charge in [0.1, 0.15) is 29.2 Å². The van der Waals surface area contributed by atoms with E-state index in [2.05, 4.69) is 27.0 Å². The van der Waals surface area contributed by atoms with Crippen molar-refractivity contribution in [3.05, 3.63) is 34.1 Å². The molecule has 92 valence electrons. The molecule has 7 heteroatoms. The Hall–Kier alpha value is -1.53. The van der Waals surface area contributed by atoms with Crippen LogP contribution in [0.4, 0.5) is 0 Å². The van der Waals surface area contributed by atoms with Gasteiger partial charge in [0.2, 0.25) is 0 Å². The van der Waals surface area contributed by atoms with Gasteiger partial charge in [0.05, 0.1) is 5.39 Å². The first kappa shape index (κ1) is 11.6. The molecular formula is C11H10ClN5S. The number of hydrogen-bond donors (Lipinski definition) is 0. The Morgan fingerprint density at radius 2 is 2.17 bits per heavy atom. The Balaban J connectivity index is 2.10. The third-order valence-electron chi connectivity index (χ3n) is 2.80. The Bertz CT molecular complexity index is 704. The molecule has 0 spiro atoms. The minimum Gasteiger partial charge on any atom is -0.245 e. The fourth-order valence-electron chi connectivity index (χ4n) is 1.77. The SMILES string of the molecule is Cc1sc2nc(Cn3cncn3)nc(Cl)c2c1C. The van der Waals surface area contributed by atoms with Crippen molar-refractivity contribution in [1.29, 1.82) is 0 Å². The highest BCUT2D eigenvalue weighted by Crippen LogP contribution is 2.32. The van der Waals surface area contributed by atoms with Gasteiger partial charge in [0, 0.05) is 4.88 Å². The molecule has 0 radical (unpaired) electrons. The average molecular weight is 280 g/mol. The summed E-state index contributed by atoms with van der Waals surface area (Å²) in [6.07, 6.45) is 3.12. The molecule has 0 aromatic carbocycles. The van der Waals surface area contributed by atoms with Gasteiger partial charge >= 0.3 is 0 Å². The summed E-state index contributed by atoms with van der Waals surface area (Å²) in [6, 6.07) is 0. The highest BCUT2D eigenvalue weighted by Gasteiger charge is 2.13. The van der Waals surface area contributed by atoms with Gasteiger partial charge in [-0.3, -0.25) is 0 Å². The summed E-state index contributed by atoms with van der Waals surface area (Å²) in [6.45, 7) is 4.58. The van der Waals surface area contributed by atoms with Crippen molar-refractivity contribution >= 4 is 33.2 Å². The normalized spacial score (nSPS) is 11.3. The molecule has 0 aliphatic carbocycles. The van der Waals surface area contributed by atoms with Gasteiger partial charge in [-0.1, -0.05) is 11.6 Å². The van der Waals surface area contributed by atoms with E-state index in [0.29, 0.717) is 17.5 Å². The lowest BCUT2D eigenvalue weighted by Gasteiger charge is -2.02. The van der Waals surface area contributed by atoms with Crippen LogP contribution < -0.4 is 0 Å². The van der Waals surface area contributed by atoms with Crippen LogP contribution in [0.5, 0.6) is 0 Å². The number of aryl methyl sites for hydroxylation is 2. The van der Waals surface area contributed by atoms with Crippen LogP contribution in [0.25, 0.3) is 10.2 Å². The number of aromatic nitrogens is 5. The molecule has 3 aromatic heterocycles. The van der Waals surface area contributed by atoms with Crippen molar-refractivity contribution < 1.29 is 0 Å². The molecule has 0 saturated carbocycles. The molecule has 0 aliphatic heterocycles. The lowest BCUT2D eigenvalue weighted by Crippen LogP contribution is -2.04. The maximum Gasteiger partial charge on any atom is 0.153 e. The lowest BCUT2D eigenvalue weighted by atomic mass is 10.2. The predicted molar refractivity (Wildman–Crippen MR) is 71.0 cm³/mol. The number of rotatable bonds is 2. The highest BCUT2D eigenvalue weighted by molar-refractivity contribution is 7.18. The summed E-state index contributed by atoms with van der Waals surface area (Å²) >= 11 is 7.87. The first-order valence-corrected chi connectivity index (χ1v) is 6.59. The zero-order valence-corrected chi connectivity index (χ0v) is 11.5.